The molecule has 0 bridgehead atoms. The van der Waals surface area contributed by atoms with Crippen molar-refractivity contribution in [3.8, 4) is 50.7 Å². The standard InChI is InChI=1S/C65H41BF3N5/c67-65(68,69)46-34-36-58(51(40-46)64-70-54(42-19-5-1-6-20-42)41-55(71-64)43-21-7-2-8-22-43)74-56-30-16-13-27-49(56)50-37-44(33-35-57(50)74)45-38-61-63-62(39-45)73(48-25-11-4-12-26-48)60-32-18-15-29-53(60)66(63)52-28-14-17-31-59(52)72(61)47-23-9-3-10-24-47/h1-41H. The van der Waals surface area contributed by atoms with Gasteiger partial charge in [0.1, 0.15) is 0 Å². The molecule has 10 aromatic carbocycles. The molecule has 14 rings (SSSR count). The number of anilines is 6. The molecule has 0 spiro atoms. The maximum absolute atomic E-state index is 14.9. The number of nitrogens with zero attached hydrogens (tertiary/aromatic N) is 5. The molecule has 9 heteroatoms. The molecule has 74 heavy (non-hydrogen) atoms. The second-order valence-electron chi connectivity index (χ2n) is 18.8. The lowest BCUT2D eigenvalue weighted by atomic mass is 9.33. The van der Waals surface area contributed by atoms with E-state index < -0.39 is 11.7 Å². The minimum absolute atomic E-state index is 0.0269. The van der Waals surface area contributed by atoms with E-state index in [0.29, 0.717) is 17.1 Å². The van der Waals surface area contributed by atoms with Gasteiger partial charge in [-0.2, -0.15) is 13.2 Å². The van der Waals surface area contributed by atoms with Crippen LogP contribution in [0.5, 0.6) is 0 Å². The number of benzene rings is 10. The molecule has 0 fully saturated rings. The molecule has 0 radical (unpaired) electrons. The Balaban J connectivity index is 1.01. The van der Waals surface area contributed by atoms with E-state index in [1.54, 1.807) is 6.07 Å². The summed E-state index contributed by atoms with van der Waals surface area (Å²) in [5.74, 6) is 0.185. The zero-order valence-electron chi connectivity index (χ0n) is 39.6. The summed E-state index contributed by atoms with van der Waals surface area (Å²) in [5, 5.41) is 1.91. The van der Waals surface area contributed by atoms with Gasteiger partial charge >= 0.3 is 6.18 Å². The van der Waals surface area contributed by atoms with Crippen LogP contribution in [0.15, 0.2) is 249 Å². The van der Waals surface area contributed by atoms with Crippen LogP contribution in [-0.4, -0.2) is 21.2 Å². The quantitative estimate of drug-likeness (QED) is 0.149. The van der Waals surface area contributed by atoms with Crippen molar-refractivity contribution in [1.29, 1.82) is 0 Å². The molecule has 0 N–H and O–H groups in total. The average Bonchev–Trinajstić information content (AvgIpc) is 3.82. The Kier molecular flexibility index (Phi) is 10.0. The molecular formula is C65H41BF3N5. The third-order valence-electron chi connectivity index (χ3n) is 14.6. The average molecular weight is 960 g/mol. The van der Waals surface area contributed by atoms with Gasteiger partial charge in [0.2, 0.25) is 0 Å². The number of alkyl halides is 3. The summed E-state index contributed by atoms with van der Waals surface area (Å²) in [7, 11) is 0. The molecule has 5 nitrogen and oxygen atoms in total. The van der Waals surface area contributed by atoms with Gasteiger partial charge in [-0.1, -0.05) is 158 Å². The summed E-state index contributed by atoms with van der Waals surface area (Å²) in [6.45, 7) is -0.0269. The van der Waals surface area contributed by atoms with E-state index in [-0.39, 0.29) is 18.1 Å². The second kappa shape index (κ2) is 17.1. The van der Waals surface area contributed by atoms with E-state index in [4.69, 9.17) is 9.97 Å². The van der Waals surface area contributed by atoms with Crippen LogP contribution in [0.4, 0.5) is 47.3 Å². The highest BCUT2D eigenvalue weighted by atomic mass is 19.4. The molecular weight excluding hydrogens is 919 g/mol. The molecule has 2 aromatic heterocycles. The number of halogens is 3. The molecule has 350 valence electrons. The molecule has 0 unspecified atom stereocenters. The predicted molar refractivity (Wildman–Crippen MR) is 297 cm³/mol. The van der Waals surface area contributed by atoms with Crippen LogP contribution in [-0.2, 0) is 6.18 Å². The Bertz CT molecular complexity index is 3970. The first kappa shape index (κ1) is 43.3. The fraction of sp³-hybridized carbons (Fsp3) is 0.0154. The molecule has 4 heterocycles. The smallest absolute Gasteiger partial charge is 0.311 e. The molecule has 0 atom stereocenters. The van der Waals surface area contributed by atoms with Gasteiger partial charge in [0.15, 0.2) is 5.82 Å². The van der Waals surface area contributed by atoms with Crippen LogP contribution in [0.2, 0.25) is 0 Å². The van der Waals surface area contributed by atoms with Gasteiger partial charge in [-0.3, -0.25) is 0 Å². The Morgan fingerprint density at radius 3 is 1.43 bits per heavy atom. The third-order valence-corrected chi connectivity index (χ3v) is 14.6. The number of hydrogen-bond acceptors (Lipinski definition) is 4. The lowest BCUT2D eigenvalue weighted by Gasteiger charge is -2.44. The van der Waals surface area contributed by atoms with Crippen molar-refractivity contribution in [2.24, 2.45) is 0 Å². The van der Waals surface area contributed by atoms with E-state index >= 15 is 0 Å². The van der Waals surface area contributed by atoms with Gasteiger partial charge in [-0.05, 0) is 119 Å². The van der Waals surface area contributed by atoms with Gasteiger partial charge < -0.3 is 14.4 Å². The lowest BCUT2D eigenvalue weighted by molar-refractivity contribution is -0.137. The molecule has 0 amide bonds. The SMILES string of the molecule is FC(F)(F)c1ccc(-n2c3ccccc3c3cc(-c4cc5c6c(c4)N(c4ccccc4)c4ccccc4B6c4ccccc4N5c4ccccc4)ccc32)c(-c2nc(-c3ccccc3)cc(-c3ccccc3)n2)c1. The number of para-hydroxylation sites is 5. The highest BCUT2D eigenvalue weighted by molar-refractivity contribution is 7.00. The Hall–Kier alpha value is -9.47. The minimum Gasteiger partial charge on any atom is -0.311 e. The van der Waals surface area contributed by atoms with Crippen LogP contribution in [0, 0.1) is 0 Å². The summed E-state index contributed by atoms with van der Waals surface area (Å²) in [5.41, 5.74) is 16.8. The number of aromatic nitrogens is 3. The Labute approximate surface area is 425 Å². The summed E-state index contributed by atoms with van der Waals surface area (Å²) in [4.78, 5) is 14.9. The molecule has 12 aromatic rings. The predicted octanol–water partition coefficient (Wildman–Crippen LogP) is 15.3. The number of fused-ring (bicyclic) bond motifs is 7. The van der Waals surface area contributed by atoms with Gasteiger partial charge in [0.25, 0.3) is 6.71 Å². The normalized spacial score (nSPS) is 12.7. The van der Waals surface area contributed by atoms with Crippen molar-refractivity contribution >= 4 is 79.0 Å². The van der Waals surface area contributed by atoms with Gasteiger partial charge in [0, 0.05) is 61.6 Å². The van der Waals surface area contributed by atoms with Crippen molar-refractivity contribution in [3.05, 3.63) is 254 Å². The monoisotopic (exact) mass is 959 g/mol. The zero-order valence-corrected chi connectivity index (χ0v) is 39.6. The van der Waals surface area contributed by atoms with E-state index in [2.05, 4.69) is 160 Å². The van der Waals surface area contributed by atoms with Crippen molar-refractivity contribution in [2.45, 2.75) is 6.18 Å². The Morgan fingerprint density at radius 1 is 0.365 bits per heavy atom. The minimum atomic E-state index is -4.62. The molecule has 2 aliphatic heterocycles. The topological polar surface area (TPSA) is 37.2 Å². The van der Waals surface area contributed by atoms with E-state index in [9.17, 15) is 13.2 Å². The first-order valence-corrected chi connectivity index (χ1v) is 24.7. The zero-order chi connectivity index (χ0) is 49.5. The van der Waals surface area contributed by atoms with Crippen LogP contribution in [0.25, 0.3) is 72.5 Å². The van der Waals surface area contributed by atoms with Crippen LogP contribution >= 0.6 is 0 Å². The van der Waals surface area contributed by atoms with Crippen molar-refractivity contribution < 1.29 is 13.2 Å². The van der Waals surface area contributed by atoms with Gasteiger partial charge in [-0.15, -0.1) is 0 Å². The van der Waals surface area contributed by atoms with Crippen LogP contribution < -0.4 is 26.2 Å². The highest BCUT2D eigenvalue weighted by Gasteiger charge is 2.43. The van der Waals surface area contributed by atoms with E-state index in [1.165, 1.54) is 22.5 Å². The van der Waals surface area contributed by atoms with Gasteiger partial charge in [-0.25, -0.2) is 9.97 Å². The second-order valence-corrected chi connectivity index (χ2v) is 18.8. The number of hydrogen-bond donors (Lipinski definition) is 0. The molecule has 0 saturated heterocycles. The largest absolute Gasteiger partial charge is 0.416 e. The molecule has 2 aliphatic rings. The summed E-state index contributed by atoms with van der Waals surface area (Å²) >= 11 is 0. The van der Waals surface area contributed by atoms with E-state index in [0.717, 1.165) is 84.3 Å². The van der Waals surface area contributed by atoms with Crippen LogP contribution in [0.1, 0.15) is 5.56 Å². The third kappa shape index (κ3) is 7.03. The van der Waals surface area contributed by atoms with Gasteiger partial charge in [0.05, 0.1) is 33.7 Å². The first-order valence-electron chi connectivity index (χ1n) is 24.7. The highest BCUT2D eigenvalue weighted by Crippen LogP contribution is 2.47. The Morgan fingerprint density at radius 2 is 0.865 bits per heavy atom. The summed E-state index contributed by atoms with van der Waals surface area (Å²) in [6.07, 6.45) is -4.62. The van der Waals surface area contributed by atoms with E-state index in [1.807, 2.05) is 84.9 Å². The number of rotatable bonds is 7. The van der Waals surface area contributed by atoms with Crippen LogP contribution in [0.3, 0.4) is 0 Å². The fourth-order valence-electron chi connectivity index (χ4n) is 11.4. The summed E-state index contributed by atoms with van der Waals surface area (Å²) in [6, 6.07) is 83.1. The fourth-order valence-corrected chi connectivity index (χ4v) is 11.4. The maximum atomic E-state index is 14.9. The maximum Gasteiger partial charge on any atom is 0.416 e. The van der Waals surface area contributed by atoms with Crippen molar-refractivity contribution in [2.75, 3.05) is 9.80 Å². The first-order chi connectivity index (χ1) is 36.4. The van der Waals surface area contributed by atoms with Crippen molar-refractivity contribution in [3.63, 3.8) is 0 Å². The lowest BCUT2D eigenvalue weighted by Crippen LogP contribution is -2.61. The van der Waals surface area contributed by atoms with Crippen molar-refractivity contribution in [1.82, 2.24) is 14.5 Å². The molecule has 0 saturated carbocycles. The summed E-state index contributed by atoms with van der Waals surface area (Å²) < 4.78 is 46.7. The molecule has 0 aliphatic carbocycles.